The number of nitrogens with one attached hydrogen (secondary N) is 1. The van der Waals surface area contributed by atoms with Crippen LogP contribution in [0.4, 0.5) is 5.69 Å². The van der Waals surface area contributed by atoms with Gasteiger partial charge in [-0.3, -0.25) is 4.98 Å². The Kier molecular flexibility index (Phi) is 3.18. The van der Waals surface area contributed by atoms with Crippen molar-refractivity contribution in [3.63, 3.8) is 0 Å². The number of hydrogen-bond donors (Lipinski definition) is 1. The molecule has 2 heteroatoms. The van der Waals surface area contributed by atoms with Gasteiger partial charge in [-0.15, -0.1) is 0 Å². The van der Waals surface area contributed by atoms with Gasteiger partial charge in [-0.05, 0) is 37.3 Å². The lowest BCUT2D eigenvalue weighted by molar-refractivity contribution is 0.525. The summed E-state index contributed by atoms with van der Waals surface area (Å²) in [6.45, 7) is 2.30. The van der Waals surface area contributed by atoms with E-state index in [-0.39, 0.29) is 0 Å². The van der Waals surface area contributed by atoms with E-state index in [0.717, 1.165) is 11.4 Å². The van der Waals surface area contributed by atoms with Crippen molar-refractivity contribution in [1.29, 1.82) is 0 Å². The highest BCUT2D eigenvalue weighted by molar-refractivity contribution is 5.90. The molecule has 2 nitrogen and oxygen atoms in total. The summed E-state index contributed by atoms with van der Waals surface area (Å²) in [5.41, 5.74) is 2.29. The Morgan fingerprint density at radius 3 is 2.94 bits per heavy atom. The molecule has 1 fully saturated rings. The molecule has 0 radical (unpaired) electrons. The molecule has 1 aliphatic rings. The lowest BCUT2D eigenvalue weighted by atomic mass is 10.1. The Bertz CT molecular complexity index is 530. The molecule has 1 aliphatic carbocycles. The Morgan fingerprint density at radius 2 is 2.11 bits per heavy atom. The Hall–Kier alpha value is -1.57. The van der Waals surface area contributed by atoms with Crippen LogP contribution >= 0.6 is 0 Å². The first kappa shape index (κ1) is 11.5. The van der Waals surface area contributed by atoms with Gasteiger partial charge in [0.1, 0.15) is 0 Å². The maximum Gasteiger partial charge on any atom is 0.0933 e. The SMILES string of the molecule is CCC1CCC(Nc2cccc3cccnc23)C1. The van der Waals surface area contributed by atoms with Crippen molar-refractivity contribution in [2.45, 2.75) is 38.6 Å². The van der Waals surface area contributed by atoms with Crippen LogP contribution in [0.1, 0.15) is 32.6 Å². The van der Waals surface area contributed by atoms with Crippen LogP contribution in [-0.4, -0.2) is 11.0 Å². The van der Waals surface area contributed by atoms with Crippen molar-refractivity contribution in [1.82, 2.24) is 4.98 Å². The predicted octanol–water partition coefficient (Wildman–Crippen LogP) is 4.23. The molecule has 0 bridgehead atoms. The summed E-state index contributed by atoms with van der Waals surface area (Å²) < 4.78 is 0. The fraction of sp³-hybridized carbons (Fsp3) is 0.438. The zero-order valence-electron chi connectivity index (χ0n) is 10.9. The van der Waals surface area contributed by atoms with Crippen LogP contribution in [0, 0.1) is 5.92 Å². The first-order valence-electron chi connectivity index (χ1n) is 6.97. The Morgan fingerprint density at radius 1 is 1.22 bits per heavy atom. The molecule has 18 heavy (non-hydrogen) atoms. The van der Waals surface area contributed by atoms with Crippen molar-refractivity contribution >= 4 is 16.6 Å². The Labute approximate surface area is 108 Å². The fourth-order valence-corrected chi connectivity index (χ4v) is 3.02. The van der Waals surface area contributed by atoms with Gasteiger partial charge in [0.25, 0.3) is 0 Å². The third-order valence-electron chi connectivity index (χ3n) is 4.11. The number of anilines is 1. The number of pyridine rings is 1. The highest BCUT2D eigenvalue weighted by Gasteiger charge is 2.23. The van der Waals surface area contributed by atoms with Crippen LogP contribution < -0.4 is 5.32 Å². The molecule has 2 atom stereocenters. The molecule has 0 saturated heterocycles. The van der Waals surface area contributed by atoms with Crippen LogP contribution in [0.15, 0.2) is 36.5 Å². The maximum atomic E-state index is 4.50. The highest BCUT2D eigenvalue weighted by Crippen LogP contribution is 2.31. The van der Waals surface area contributed by atoms with Crippen molar-refractivity contribution in [2.75, 3.05) is 5.32 Å². The molecule has 94 valence electrons. The number of benzene rings is 1. The topological polar surface area (TPSA) is 24.9 Å². The summed E-state index contributed by atoms with van der Waals surface area (Å²) in [5, 5.41) is 4.90. The van der Waals surface area contributed by atoms with E-state index in [0.29, 0.717) is 6.04 Å². The minimum absolute atomic E-state index is 0.627. The molecule has 1 saturated carbocycles. The van der Waals surface area contributed by atoms with E-state index >= 15 is 0 Å². The van der Waals surface area contributed by atoms with Crippen molar-refractivity contribution in [3.8, 4) is 0 Å². The monoisotopic (exact) mass is 240 g/mol. The van der Waals surface area contributed by atoms with Crippen LogP contribution in [0.3, 0.4) is 0 Å². The first-order chi connectivity index (χ1) is 8.86. The van der Waals surface area contributed by atoms with Gasteiger partial charge >= 0.3 is 0 Å². The molecule has 1 aromatic carbocycles. The van der Waals surface area contributed by atoms with E-state index in [4.69, 9.17) is 0 Å². The molecule has 2 aromatic rings. The highest BCUT2D eigenvalue weighted by atomic mass is 14.9. The summed E-state index contributed by atoms with van der Waals surface area (Å²) in [4.78, 5) is 4.50. The number of aromatic nitrogens is 1. The summed E-state index contributed by atoms with van der Waals surface area (Å²) >= 11 is 0. The summed E-state index contributed by atoms with van der Waals surface area (Å²) in [6, 6.07) is 11.1. The van der Waals surface area contributed by atoms with Crippen LogP contribution in [-0.2, 0) is 0 Å². The van der Waals surface area contributed by atoms with Gasteiger partial charge in [0, 0.05) is 17.6 Å². The van der Waals surface area contributed by atoms with Crippen molar-refractivity contribution < 1.29 is 0 Å². The van der Waals surface area contributed by atoms with Crippen molar-refractivity contribution in [2.24, 2.45) is 5.92 Å². The molecule has 0 spiro atoms. The number of nitrogens with zero attached hydrogens (tertiary/aromatic N) is 1. The van der Waals surface area contributed by atoms with E-state index < -0.39 is 0 Å². The second-order valence-electron chi connectivity index (χ2n) is 5.31. The molecular formula is C16H20N2. The van der Waals surface area contributed by atoms with E-state index in [9.17, 15) is 0 Å². The number of hydrogen-bond acceptors (Lipinski definition) is 2. The van der Waals surface area contributed by atoms with Gasteiger partial charge in [-0.1, -0.05) is 31.5 Å². The van der Waals surface area contributed by atoms with Gasteiger partial charge < -0.3 is 5.32 Å². The second kappa shape index (κ2) is 4.97. The van der Waals surface area contributed by atoms with E-state index in [1.807, 2.05) is 12.3 Å². The predicted molar refractivity (Wildman–Crippen MR) is 76.8 cm³/mol. The second-order valence-corrected chi connectivity index (χ2v) is 5.31. The molecule has 2 unspecified atom stereocenters. The molecule has 1 aromatic heterocycles. The standard InChI is InChI=1S/C16H20N2/c1-2-12-8-9-14(11-12)18-15-7-3-5-13-6-4-10-17-16(13)15/h3-7,10,12,14,18H,2,8-9,11H2,1H3. The van der Waals surface area contributed by atoms with Gasteiger partial charge in [0.15, 0.2) is 0 Å². The van der Waals surface area contributed by atoms with E-state index in [1.54, 1.807) is 0 Å². The maximum absolute atomic E-state index is 4.50. The minimum atomic E-state index is 0.627. The summed E-state index contributed by atoms with van der Waals surface area (Å²) in [7, 11) is 0. The zero-order chi connectivity index (χ0) is 12.4. The summed E-state index contributed by atoms with van der Waals surface area (Å²) in [6.07, 6.45) is 7.15. The number of fused-ring (bicyclic) bond motifs is 1. The normalized spacial score (nSPS) is 23.4. The lowest BCUT2D eigenvalue weighted by Gasteiger charge is -2.15. The Balaban J connectivity index is 1.83. The number of rotatable bonds is 3. The van der Waals surface area contributed by atoms with E-state index in [2.05, 4.69) is 41.5 Å². The summed E-state index contributed by atoms with van der Waals surface area (Å²) in [5.74, 6) is 0.908. The van der Waals surface area contributed by atoms with Gasteiger partial charge in [0.05, 0.1) is 11.2 Å². The minimum Gasteiger partial charge on any atom is -0.381 e. The molecule has 0 amide bonds. The molecule has 3 rings (SSSR count). The lowest BCUT2D eigenvalue weighted by Crippen LogP contribution is -2.15. The average molecular weight is 240 g/mol. The van der Waals surface area contributed by atoms with Gasteiger partial charge in [-0.2, -0.15) is 0 Å². The third-order valence-corrected chi connectivity index (χ3v) is 4.11. The average Bonchev–Trinajstić information content (AvgIpc) is 2.87. The first-order valence-corrected chi connectivity index (χ1v) is 6.97. The fourth-order valence-electron chi connectivity index (χ4n) is 3.02. The largest absolute Gasteiger partial charge is 0.381 e. The molecule has 1 heterocycles. The van der Waals surface area contributed by atoms with Crippen molar-refractivity contribution in [3.05, 3.63) is 36.5 Å². The van der Waals surface area contributed by atoms with Crippen LogP contribution in [0.25, 0.3) is 10.9 Å². The van der Waals surface area contributed by atoms with E-state index in [1.165, 1.54) is 36.8 Å². The van der Waals surface area contributed by atoms with Crippen LogP contribution in [0.2, 0.25) is 0 Å². The molecule has 1 N–H and O–H groups in total. The van der Waals surface area contributed by atoms with Crippen LogP contribution in [0.5, 0.6) is 0 Å². The zero-order valence-corrected chi connectivity index (χ0v) is 10.9. The molecular weight excluding hydrogens is 220 g/mol. The quantitative estimate of drug-likeness (QED) is 0.868. The van der Waals surface area contributed by atoms with Gasteiger partial charge in [0.2, 0.25) is 0 Å². The third kappa shape index (κ3) is 2.20. The molecule has 0 aliphatic heterocycles. The number of para-hydroxylation sites is 1. The smallest absolute Gasteiger partial charge is 0.0933 e. The van der Waals surface area contributed by atoms with Gasteiger partial charge in [-0.25, -0.2) is 0 Å².